The highest BCUT2D eigenvalue weighted by molar-refractivity contribution is 6.35. The van der Waals surface area contributed by atoms with E-state index in [2.05, 4.69) is 23.5 Å². The predicted octanol–water partition coefficient (Wildman–Crippen LogP) is 6.56. The Morgan fingerprint density at radius 1 is 0.778 bits per heavy atom. The summed E-state index contributed by atoms with van der Waals surface area (Å²) in [6.07, 6.45) is 0.940. The Balaban J connectivity index is 1.55. The molecule has 0 unspecified atom stereocenters. The van der Waals surface area contributed by atoms with Crippen molar-refractivity contribution in [3.63, 3.8) is 0 Å². The average molecular weight is 421 g/mol. The number of hydrogen-bond donors (Lipinski definition) is 1. The molecule has 3 aromatic carbocycles. The molecular weight excluding hydrogens is 401 g/mol. The number of rotatable bonds is 8. The Hall–Kier alpha value is -1.71. The maximum Gasteiger partial charge on any atom is 0.124 e. The van der Waals surface area contributed by atoms with Crippen LogP contribution in [0.3, 0.4) is 0 Å². The third-order valence-electron chi connectivity index (χ3n) is 4.23. The molecule has 3 rings (SSSR count). The third kappa shape index (κ3) is 5.88. The van der Waals surface area contributed by atoms with Gasteiger partial charge in [-0.1, -0.05) is 71.2 Å². The summed E-state index contributed by atoms with van der Waals surface area (Å²) < 4.78 is 5.99. The van der Waals surface area contributed by atoms with E-state index in [4.69, 9.17) is 39.5 Å². The Kier molecular flexibility index (Phi) is 7.42. The van der Waals surface area contributed by atoms with Gasteiger partial charge < -0.3 is 10.1 Å². The van der Waals surface area contributed by atoms with Crippen LogP contribution in [0.2, 0.25) is 15.1 Å². The first-order valence-corrected chi connectivity index (χ1v) is 9.85. The fourth-order valence-corrected chi connectivity index (χ4v) is 3.35. The number of para-hydroxylation sites is 1. The highest BCUT2D eigenvalue weighted by atomic mass is 35.5. The monoisotopic (exact) mass is 419 g/mol. The van der Waals surface area contributed by atoms with Gasteiger partial charge in [0.05, 0.1) is 0 Å². The number of nitrogens with one attached hydrogen (secondary N) is 1. The zero-order valence-electron chi connectivity index (χ0n) is 14.7. The second kappa shape index (κ2) is 10.0. The lowest BCUT2D eigenvalue weighted by atomic mass is 10.1. The highest BCUT2D eigenvalue weighted by Crippen LogP contribution is 2.27. The van der Waals surface area contributed by atoms with E-state index < -0.39 is 0 Å². The number of halogens is 3. The van der Waals surface area contributed by atoms with E-state index in [1.807, 2.05) is 48.5 Å². The normalized spacial score (nSPS) is 10.8. The standard InChI is InChI=1S/C22H20Cl3NO/c23-18-10-8-16(9-11-18)12-13-26-14-17-4-1-2-7-22(17)27-15-19-20(24)5-3-6-21(19)25/h1-11,26H,12-15H2. The minimum absolute atomic E-state index is 0.334. The molecule has 27 heavy (non-hydrogen) atoms. The lowest BCUT2D eigenvalue weighted by molar-refractivity contribution is 0.302. The Labute approximate surface area is 175 Å². The summed E-state index contributed by atoms with van der Waals surface area (Å²) in [4.78, 5) is 0. The van der Waals surface area contributed by atoms with Crippen LogP contribution < -0.4 is 10.1 Å². The van der Waals surface area contributed by atoms with Gasteiger partial charge in [-0.3, -0.25) is 0 Å². The molecule has 0 aliphatic carbocycles. The first kappa shape index (κ1) is 20.0. The Bertz CT molecular complexity index is 861. The van der Waals surface area contributed by atoms with E-state index in [1.165, 1.54) is 5.56 Å². The fraction of sp³-hybridized carbons (Fsp3) is 0.182. The second-order valence-corrected chi connectivity index (χ2v) is 7.40. The number of hydrogen-bond acceptors (Lipinski definition) is 2. The summed E-state index contributed by atoms with van der Waals surface area (Å²) in [7, 11) is 0. The van der Waals surface area contributed by atoms with E-state index in [0.717, 1.165) is 41.4 Å². The second-order valence-electron chi connectivity index (χ2n) is 6.15. The molecule has 1 N–H and O–H groups in total. The predicted molar refractivity (Wildman–Crippen MR) is 114 cm³/mol. The van der Waals surface area contributed by atoms with E-state index in [-0.39, 0.29) is 0 Å². The molecule has 0 spiro atoms. The maximum atomic E-state index is 6.22. The molecule has 0 bridgehead atoms. The van der Waals surface area contributed by atoms with Crippen molar-refractivity contribution >= 4 is 34.8 Å². The molecule has 0 saturated heterocycles. The van der Waals surface area contributed by atoms with Gasteiger partial charge >= 0.3 is 0 Å². The molecule has 5 heteroatoms. The van der Waals surface area contributed by atoms with Gasteiger partial charge in [0.1, 0.15) is 12.4 Å². The maximum absolute atomic E-state index is 6.22. The highest BCUT2D eigenvalue weighted by Gasteiger charge is 2.08. The minimum atomic E-state index is 0.334. The summed E-state index contributed by atoms with van der Waals surface area (Å²) in [5.74, 6) is 0.826. The van der Waals surface area contributed by atoms with Gasteiger partial charge in [0.2, 0.25) is 0 Å². The summed E-state index contributed by atoms with van der Waals surface area (Å²) in [6.45, 7) is 1.92. The molecule has 0 saturated carbocycles. The van der Waals surface area contributed by atoms with Gasteiger partial charge in [0.15, 0.2) is 0 Å². The smallest absolute Gasteiger partial charge is 0.124 e. The molecule has 0 aliphatic heterocycles. The lowest BCUT2D eigenvalue weighted by Crippen LogP contribution is -2.17. The SMILES string of the molecule is Clc1ccc(CCNCc2ccccc2OCc2c(Cl)cccc2Cl)cc1. The Morgan fingerprint density at radius 2 is 1.48 bits per heavy atom. The van der Waals surface area contributed by atoms with Gasteiger partial charge in [-0.15, -0.1) is 0 Å². The molecule has 3 aromatic rings. The van der Waals surface area contributed by atoms with Crippen LogP contribution in [-0.4, -0.2) is 6.54 Å². The molecule has 0 radical (unpaired) electrons. The third-order valence-corrected chi connectivity index (χ3v) is 5.19. The van der Waals surface area contributed by atoms with Crippen molar-refractivity contribution in [2.24, 2.45) is 0 Å². The van der Waals surface area contributed by atoms with Crippen molar-refractivity contribution in [1.29, 1.82) is 0 Å². The van der Waals surface area contributed by atoms with Crippen molar-refractivity contribution in [2.75, 3.05) is 6.54 Å². The van der Waals surface area contributed by atoms with Crippen LogP contribution in [0.4, 0.5) is 0 Å². The summed E-state index contributed by atoms with van der Waals surface area (Å²) >= 11 is 18.4. The van der Waals surface area contributed by atoms with E-state index in [1.54, 1.807) is 0 Å². The van der Waals surface area contributed by atoms with Crippen LogP contribution in [0.15, 0.2) is 66.7 Å². The quantitative estimate of drug-likeness (QED) is 0.417. The van der Waals surface area contributed by atoms with Gasteiger partial charge in [0.25, 0.3) is 0 Å². The molecule has 0 aliphatic rings. The minimum Gasteiger partial charge on any atom is -0.488 e. The van der Waals surface area contributed by atoms with E-state index >= 15 is 0 Å². The molecule has 0 aromatic heterocycles. The van der Waals surface area contributed by atoms with E-state index in [9.17, 15) is 0 Å². The zero-order chi connectivity index (χ0) is 19.1. The molecule has 0 amide bonds. The molecular formula is C22H20Cl3NO. The first-order chi connectivity index (χ1) is 13.1. The summed E-state index contributed by atoms with van der Waals surface area (Å²) in [5, 5.41) is 5.45. The van der Waals surface area contributed by atoms with Crippen LogP contribution in [-0.2, 0) is 19.6 Å². The molecule has 140 valence electrons. The van der Waals surface area contributed by atoms with Crippen molar-refractivity contribution in [1.82, 2.24) is 5.32 Å². The van der Waals surface area contributed by atoms with Crippen LogP contribution in [0.5, 0.6) is 5.75 Å². The Morgan fingerprint density at radius 3 is 2.22 bits per heavy atom. The fourth-order valence-electron chi connectivity index (χ4n) is 2.72. The van der Waals surface area contributed by atoms with Gasteiger partial charge in [-0.2, -0.15) is 0 Å². The summed E-state index contributed by atoms with van der Waals surface area (Å²) in [6, 6.07) is 21.4. The van der Waals surface area contributed by atoms with Crippen molar-refractivity contribution in [2.45, 2.75) is 19.6 Å². The topological polar surface area (TPSA) is 21.3 Å². The van der Waals surface area contributed by atoms with Crippen molar-refractivity contribution in [3.05, 3.63) is 98.5 Å². The van der Waals surface area contributed by atoms with Gasteiger partial charge in [0, 0.05) is 32.7 Å². The van der Waals surface area contributed by atoms with Crippen LogP contribution in [0.1, 0.15) is 16.7 Å². The van der Waals surface area contributed by atoms with Crippen LogP contribution in [0, 0.1) is 0 Å². The molecule has 0 fully saturated rings. The molecule has 0 atom stereocenters. The van der Waals surface area contributed by atoms with Gasteiger partial charge in [-0.05, 0) is 48.9 Å². The number of benzene rings is 3. The average Bonchev–Trinajstić information content (AvgIpc) is 2.67. The largest absolute Gasteiger partial charge is 0.488 e. The van der Waals surface area contributed by atoms with Crippen LogP contribution >= 0.6 is 34.8 Å². The molecule has 0 heterocycles. The molecule has 2 nitrogen and oxygen atoms in total. The van der Waals surface area contributed by atoms with Crippen molar-refractivity contribution in [3.8, 4) is 5.75 Å². The van der Waals surface area contributed by atoms with Crippen molar-refractivity contribution < 1.29 is 4.74 Å². The van der Waals surface area contributed by atoms with Crippen LogP contribution in [0.25, 0.3) is 0 Å². The first-order valence-electron chi connectivity index (χ1n) is 8.72. The van der Waals surface area contributed by atoms with Gasteiger partial charge in [-0.25, -0.2) is 0 Å². The van der Waals surface area contributed by atoms with E-state index in [0.29, 0.717) is 16.7 Å². The lowest BCUT2D eigenvalue weighted by Gasteiger charge is -2.14. The zero-order valence-corrected chi connectivity index (χ0v) is 17.0. The summed E-state index contributed by atoms with van der Waals surface area (Å²) in [5.41, 5.74) is 3.15. The number of ether oxygens (including phenoxy) is 1.